The Labute approximate surface area is 212 Å². The van der Waals surface area contributed by atoms with Gasteiger partial charge in [0.15, 0.2) is 17.3 Å². The maximum Gasteiger partial charge on any atom is 0.273 e. The third-order valence-electron chi connectivity index (χ3n) is 5.59. The van der Waals surface area contributed by atoms with Crippen molar-refractivity contribution >= 4 is 38.2 Å². The zero-order valence-corrected chi connectivity index (χ0v) is 21.5. The molecule has 1 heterocycles. The smallest absolute Gasteiger partial charge is 0.273 e. The number of rotatable bonds is 8. The first-order valence-corrected chi connectivity index (χ1v) is 13.3. The Hall–Kier alpha value is -3.61. The molecule has 0 bridgehead atoms. The molecule has 2 amide bonds. The first kappa shape index (κ1) is 28.0. The summed E-state index contributed by atoms with van der Waals surface area (Å²) in [6.45, 7) is 4.57. The highest BCUT2D eigenvalue weighted by Crippen LogP contribution is 2.26. The Bertz CT molecular complexity index is 1470. The number of hydrogen-bond donors (Lipinski definition) is 3. The van der Waals surface area contributed by atoms with Gasteiger partial charge in [-0.05, 0) is 29.7 Å². The third kappa shape index (κ3) is 6.59. The average Bonchev–Trinajstić information content (AvgIpc) is 3.13. The van der Waals surface area contributed by atoms with Gasteiger partial charge < -0.3 is 16.4 Å². The predicted octanol–water partition coefficient (Wildman–Crippen LogP) is 2.39. The lowest BCUT2D eigenvalue weighted by Gasteiger charge is -2.30. The maximum atomic E-state index is 14.8. The lowest BCUT2D eigenvalue weighted by atomic mass is 9.86. The number of amides is 2. The zero-order chi connectivity index (χ0) is 27.7. The Morgan fingerprint density at radius 3 is 2.38 bits per heavy atom. The lowest BCUT2D eigenvalue weighted by molar-refractivity contribution is -0.125. The second-order valence-electron chi connectivity index (χ2n) is 9.81. The second-order valence-corrected chi connectivity index (χ2v) is 12.1. The van der Waals surface area contributed by atoms with E-state index in [2.05, 4.69) is 15.7 Å². The molecular formula is C24H28F3N5O4S. The zero-order valence-electron chi connectivity index (χ0n) is 20.7. The largest absolute Gasteiger partial charge is 0.399 e. The molecule has 3 aromatic rings. The van der Waals surface area contributed by atoms with Crippen molar-refractivity contribution in [2.45, 2.75) is 33.4 Å². The van der Waals surface area contributed by atoms with Gasteiger partial charge in [-0.2, -0.15) is 5.10 Å². The summed E-state index contributed by atoms with van der Waals surface area (Å²) in [6, 6.07) is 4.76. The summed E-state index contributed by atoms with van der Waals surface area (Å²) in [5.41, 5.74) is 4.35. The van der Waals surface area contributed by atoms with Crippen LogP contribution in [-0.4, -0.2) is 54.6 Å². The quantitative estimate of drug-likeness (QED) is 0.376. The molecular weight excluding hydrogens is 511 g/mol. The minimum absolute atomic E-state index is 0.0441. The number of carbonyl (C=O) groups is 2. The van der Waals surface area contributed by atoms with Crippen LogP contribution in [0.4, 0.5) is 18.9 Å². The number of nitrogens with one attached hydrogen (secondary N) is 2. The van der Waals surface area contributed by atoms with Gasteiger partial charge in [-0.1, -0.05) is 26.8 Å². The van der Waals surface area contributed by atoms with Crippen LogP contribution in [0.1, 0.15) is 36.8 Å². The van der Waals surface area contributed by atoms with Crippen LogP contribution in [0, 0.1) is 22.9 Å². The van der Waals surface area contributed by atoms with Gasteiger partial charge >= 0.3 is 0 Å². The van der Waals surface area contributed by atoms with Gasteiger partial charge in [0, 0.05) is 29.4 Å². The SMILES string of the molecule is CC(C)(C)C(NC(=O)c1nn(Cc2ccc(N)cc2F)c2c(F)c(F)ccc12)C(=O)NCCS(C)(=O)=O. The molecule has 9 nitrogen and oxygen atoms in total. The maximum absolute atomic E-state index is 14.8. The molecule has 13 heteroatoms. The van der Waals surface area contributed by atoms with Crippen molar-refractivity contribution in [3.63, 3.8) is 0 Å². The summed E-state index contributed by atoms with van der Waals surface area (Å²) in [5.74, 6) is -4.92. The third-order valence-corrected chi connectivity index (χ3v) is 6.54. The summed E-state index contributed by atoms with van der Waals surface area (Å²) in [5, 5.41) is 9.13. The van der Waals surface area contributed by atoms with E-state index in [9.17, 15) is 31.2 Å². The van der Waals surface area contributed by atoms with Crippen LogP contribution in [0.25, 0.3) is 10.9 Å². The molecule has 200 valence electrons. The Morgan fingerprint density at radius 1 is 1.11 bits per heavy atom. The van der Waals surface area contributed by atoms with Gasteiger partial charge in [-0.15, -0.1) is 0 Å². The number of carbonyl (C=O) groups excluding carboxylic acids is 2. The van der Waals surface area contributed by atoms with E-state index in [4.69, 9.17) is 5.73 Å². The molecule has 0 saturated heterocycles. The molecule has 4 N–H and O–H groups in total. The lowest BCUT2D eigenvalue weighted by Crippen LogP contribution is -2.54. The highest BCUT2D eigenvalue weighted by atomic mass is 32.2. The molecule has 1 atom stereocenters. The first-order valence-electron chi connectivity index (χ1n) is 11.2. The van der Waals surface area contributed by atoms with E-state index in [1.165, 1.54) is 18.2 Å². The predicted molar refractivity (Wildman–Crippen MR) is 133 cm³/mol. The fraction of sp³-hybridized carbons (Fsp3) is 0.375. The van der Waals surface area contributed by atoms with E-state index in [0.29, 0.717) is 0 Å². The van der Waals surface area contributed by atoms with Crippen LogP contribution >= 0.6 is 0 Å². The topological polar surface area (TPSA) is 136 Å². The van der Waals surface area contributed by atoms with Crippen molar-refractivity contribution in [1.82, 2.24) is 20.4 Å². The number of anilines is 1. The number of nitrogen functional groups attached to an aromatic ring is 1. The molecule has 0 spiro atoms. The molecule has 3 rings (SSSR count). The van der Waals surface area contributed by atoms with Gasteiger partial charge in [0.2, 0.25) is 5.91 Å². The van der Waals surface area contributed by atoms with Crippen LogP contribution in [0.3, 0.4) is 0 Å². The van der Waals surface area contributed by atoms with Gasteiger partial charge in [-0.3, -0.25) is 14.3 Å². The summed E-state index contributed by atoms with van der Waals surface area (Å²) < 4.78 is 67.0. The molecule has 0 aliphatic carbocycles. The van der Waals surface area contributed by atoms with E-state index in [-0.39, 0.29) is 46.7 Å². The number of fused-ring (bicyclic) bond motifs is 1. The number of nitrogens with zero attached hydrogens (tertiary/aromatic N) is 2. The minimum atomic E-state index is -3.32. The molecule has 37 heavy (non-hydrogen) atoms. The highest BCUT2D eigenvalue weighted by Gasteiger charge is 2.34. The van der Waals surface area contributed by atoms with Crippen LogP contribution in [0.15, 0.2) is 30.3 Å². The van der Waals surface area contributed by atoms with E-state index < -0.39 is 50.6 Å². The normalized spacial score (nSPS) is 12.9. The summed E-state index contributed by atoms with van der Waals surface area (Å²) in [7, 11) is -3.32. The van der Waals surface area contributed by atoms with Crippen molar-refractivity contribution in [2.24, 2.45) is 5.41 Å². The standard InChI is InChI=1S/C24H28F3N5O4S/c1-24(2,3)21(23(34)29-9-10-37(4,35)36)30-22(33)19-15-7-8-16(25)18(27)20(15)32(31-19)12-13-5-6-14(28)11-17(13)26/h5-8,11,21H,9-10,12,28H2,1-4H3,(H,29,34)(H,30,33). The van der Waals surface area contributed by atoms with E-state index in [1.807, 2.05) is 0 Å². The molecule has 0 radical (unpaired) electrons. The van der Waals surface area contributed by atoms with Crippen molar-refractivity contribution in [3.05, 3.63) is 59.0 Å². The Morgan fingerprint density at radius 2 is 1.78 bits per heavy atom. The Kier molecular flexibility index (Phi) is 7.86. The molecule has 0 aliphatic heterocycles. The monoisotopic (exact) mass is 539 g/mol. The number of hydrogen-bond acceptors (Lipinski definition) is 6. The summed E-state index contributed by atoms with van der Waals surface area (Å²) in [6.07, 6.45) is 1.03. The van der Waals surface area contributed by atoms with Gasteiger partial charge in [0.25, 0.3) is 5.91 Å². The minimum Gasteiger partial charge on any atom is -0.399 e. The highest BCUT2D eigenvalue weighted by molar-refractivity contribution is 7.90. The van der Waals surface area contributed by atoms with Crippen LogP contribution in [-0.2, 0) is 21.2 Å². The van der Waals surface area contributed by atoms with Crippen LogP contribution in [0.2, 0.25) is 0 Å². The van der Waals surface area contributed by atoms with Crippen molar-refractivity contribution in [1.29, 1.82) is 0 Å². The van der Waals surface area contributed by atoms with Gasteiger partial charge in [0.1, 0.15) is 27.2 Å². The summed E-state index contributed by atoms with van der Waals surface area (Å²) in [4.78, 5) is 26.1. The molecule has 0 fully saturated rings. The van der Waals surface area contributed by atoms with E-state index in [0.717, 1.165) is 23.1 Å². The number of aromatic nitrogens is 2. The fourth-order valence-corrected chi connectivity index (χ4v) is 4.15. The van der Waals surface area contributed by atoms with Crippen LogP contribution in [0.5, 0.6) is 0 Å². The van der Waals surface area contributed by atoms with Crippen molar-refractivity contribution < 1.29 is 31.2 Å². The van der Waals surface area contributed by atoms with E-state index >= 15 is 0 Å². The van der Waals surface area contributed by atoms with Crippen molar-refractivity contribution in [2.75, 3.05) is 24.3 Å². The molecule has 0 saturated carbocycles. The number of benzene rings is 2. The molecule has 2 aromatic carbocycles. The first-order chi connectivity index (χ1) is 17.1. The number of nitrogens with two attached hydrogens (primary N) is 1. The van der Waals surface area contributed by atoms with Gasteiger partial charge in [-0.25, -0.2) is 21.6 Å². The average molecular weight is 540 g/mol. The van der Waals surface area contributed by atoms with Crippen molar-refractivity contribution in [3.8, 4) is 0 Å². The van der Waals surface area contributed by atoms with E-state index in [1.54, 1.807) is 20.8 Å². The van der Waals surface area contributed by atoms with Gasteiger partial charge in [0.05, 0.1) is 12.3 Å². The Balaban J connectivity index is 1.97. The fourth-order valence-electron chi connectivity index (χ4n) is 3.68. The number of halogens is 3. The second kappa shape index (κ2) is 10.4. The van der Waals surface area contributed by atoms with Crippen LogP contribution < -0.4 is 16.4 Å². The molecule has 1 aromatic heterocycles. The summed E-state index contributed by atoms with van der Waals surface area (Å²) >= 11 is 0. The molecule has 0 aliphatic rings. The molecule has 1 unspecified atom stereocenters. The number of sulfone groups is 1.